The molecular weight excluding hydrogens is 4280 g/mol. The second-order valence-electron chi connectivity index (χ2n) is 10.1. The molecule has 0 saturated carbocycles. The SMILES string of the molecule is O=[As]([O-])([O-])[O-].O=[As]([O-])([O-])[O-].[Ag+].[Ag+].[Ag+].[Ag+].[Ag+].[Ag+].[Mo].[Mo].[Mo].[Mo].[Mo].[Mo].[Mo].[Mo].[Mo].[Mo].[Mo].[Mo].[Mo].[Mo].[Mo].[Mo].[Mo].[Mo].[O-2].[O-2].[O-2].[O-2].[O-2].[O-2].[O-2].[O-2].[O-2].[O-2].[O-2].[O-2].[O-2].[O-2].[O-2].[O-2].[O-2].[O-2].[O-2].[O-2].[O-2].[O-2].[O-2].[O-2].[O-2].[O-2].[O-2].[O-2].[O-2].[O-2].[O-2].[O-2].[O-2].[O-2].[O-2].[O-2].[O-2].[O-2].[O-2].[O-2].[O-2].[O-2].[O-2].[O-2].[O-2].[O-2].[O-2].[O-2].[O-2].[O-2].[O-2].[O-2].[O-2].[O-2].c1cn[nH]c1.c1cn[nH]c1.c1cn[nH]c1.c1cn[nH]c1.c1cn[nH]c1.c1cn[nH]c1.c1cn[nH]c1.c1cn[nH]c1.c1cn[nH]c1.c1cn[nH]c1.c1cn[nH]c1.c1cn[nH]c1. The molecule has 0 saturated heterocycles. The van der Waals surface area contributed by atoms with Gasteiger partial charge in [-0.1, -0.05) is 0 Å². The van der Waals surface area contributed by atoms with E-state index in [9.17, 15) is 0 Å². The number of aromatic amines is 12. The monoisotopic (exact) mass is 4360 g/mol. The first-order valence-electron chi connectivity index (χ1n) is 18.7. The third-order valence-electron chi connectivity index (χ3n) is 4.87. The van der Waals surface area contributed by atoms with Gasteiger partial charge in [0.2, 0.25) is 0 Å². The van der Waals surface area contributed by atoms with E-state index >= 15 is 0 Å². The third-order valence-corrected chi connectivity index (χ3v) is 4.87. The molecule has 86 nitrogen and oxygen atoms in total. The molecule has 0 spiro atoms. The number of H-pyrrole nitrogens is 12. The van der Waals surface area contributed by atoms with Crippen molar-refractivity contribution in [1.82, 2.24) is 122 Å². The van der Waals surface area contributed by atoms with Crippen LogP contribution in [0.15, 0.2) is 222 Å². The maximum Gasteiger partial charge on any atom is 1.00 e. The number of hydrogen-bond donors (Lipinski definition) is 12. The maximum atomic E-state index is 8.61. The predicted octanol–water partition coefficient (Wildman–Crippen LogP) is -9.69. The summed E-state index contributed by atoms with van der Waals surface area (Å²) in [4.78, 5) is 0. The Labute approximate surface area is 1200 Å². The fraction of sp³-hybridized carbons (Fsp3) is 0. The summed E-state index contributed by atoms with van der Waals surface area (Å²) < 4.78 is 68.9. The minimum absolute atomic E-state index is 0. The van der Waals surface area contributed by atoms with E-state index in [0.717, 1.165) is 0 Å². The van der Waals surface area contributed by atoms with Crippen LogP contribution in [0.25, 0.3) is 0 Å². The zero-order chi connectivity index (χ0) is 51.4. The first-order valence-corrected chi connectivity index (χ1v) is 24.8. The van der Waals surface area contributed by atoms with Crippen LogP contribution in [0.4, 0.5) is 0 Å². The second-order valence-corrected chi connectivity index (χ2v) is 13.8. The molecule has 12 N–H and O–H groups in total. The van der Waals surface area contributed by atoms with Gasteiger partial charge in [0.15, 0.2) is 0 Å². The normalized spacial score (nSPS) is 4.04. The van der Waals surface area contributed by atoms with Gasteiger partial charge in [-0.05, 0) is 72.8 Å². The smallest absolute Gasteiger partial charge is 1.00 e. The van der Waals surface area contributed by atoms with Crippen molar-refractivity contribution in [3.8, 4) is 0 Å². The van der Waals surface area contributed by atoms with Crippen LogP contribution in [0.2, 0.25) is 0 Å². The third kappa shape index (κ3) is 798. The second kappa shape index (κ2) is 582. The van der Waals surface area contributed by atoms with Gasteiger partial charge < -0.3 is 296 Å². The average Bonchev–Trinajstić information content (AvgIpc) is 4.22. The summed E-state index contributed by atoms with van der Waals surface area (Å²) in [6, 6.07) is 22.0. The molecule has 12 heterocycles. The van der Waals surface area contributed by atoms with E-state index in [1.54, 1.807) is 149 Å². The van der Waals surface area contributed by atoms with E-state index in [0.29, 0.717) is 0 Å². The minimum Gasteiger partial charge on any atom is -2.00 e. The van der Waals surface area contributed by atoms with E-state index in [1.807, 2.05) is 72.8 Å². The molecular formula is C36H48Ag6As2Mo18N24O62-108. The topological polar surface area (TPSA) is 2060 Å². The summed E-state index contributed by atoms with van der Waals surface area (Å²) in [5.74, 6) is 0. The molecule has 0 aromatic carbocycles. The van der Waals surface area contributed by atoms with Crippen molar-refractivity contribution in [2.24, 2.45) is 0 Å². The zero-order valence-corrected chi connectivity index (χ0v) is 116. The molecule has 0 aliphatic rings. The van der Waals surface area contributed by atoms with Gasteiger partial charge in [0.25, 0.3) is 0 Å². The van der Waals surface area contributed by atoms with Gasteiger partial charge in [-0.3, -0.25) is 61.2 Å². The summed E-state index contributed by atoms with van der Waals surface area (Å²) >= 11 is -11.8. The molecule has 0 aliphatic heterocycles. The molecule has 12 aromatic heterocycles. The Morgan fingerprint density at radius 3 is 0.155 bits per heavy atom. The molecule has 0 radical (unpaired) electrons. The number of hydrogen-bond acceptors (Lipinski definition) is 20. The molecule has 112 heteroatoms. The maximum absolute atomic E-state index is 8.61. The van der Waals surface area contributed by atoms with Crippen LogP contribution in [0.3, 0.4) is 0 Å². The molecule has 0 unspecified atom stereocenters. The number of aromatic nitrogens is 24. The molecule has 0 fully saturated rings. The molecule has 12 aromatic rings. The first kappa shape index (κ1) is 660. The number of nitrogens with one attached hydrogen (secondary N) is 12. The quantitative estimate of drug-likeness (QED) is 0.0627. The van der Waals surface area contributed by atoms with Crippen LogP contribution >= 0.6 is 0 Å². The van der Waals surface area contributed by atoms with Gasteiger partial charge in [-0.15, -0.1) is 0 Å². The molecule has 0 atom stereocenters. The zero-order valence-electron chi connectivity index (χ0n) is 67.5. The standard InChI is InChI=1S/12C3H4N2.6Ag.2AsH3O4.18Mo.54O/c12*1-2-4-5-3-1;;;;;;;2*2-1(3,4)5;;;;;;;;;;;;;;;;;;;;;;;;;;;;;;;;;;;;;;;;;;;;;;;;;;;;;;;;;;;;;;;;;;;;;;;;/h12*1-3H,(H,4,5);;;;;;;2*(H3,2,3,4,5);;;;;;;;;;;;;;;;;;;;;;;;;;;;;;;;;;;;;;;;;;;;;;;;;;;;;;;;;;;;;;;;;;;;;;;;/q;;;;;;;;;;;;6*+1;;;;;;;;;;;;;;;;;;;;;54*-2/p-6. The van der Waals surface area contributed by atoms with Crippen LogP contribution in [0, 0.1) is 0 Å². The van der Waals surface area contributed by atoms with Crippen LogP contribution in [-0.4, -0.2) is 151 Å². The Bertz CT molecular complexity index is 1840. The number of nitrogens with zero attached hydrogens (tertiary/aromatic N) is 12. The van der Waals surface area contributed by atoms with Crippen LogP contribution in [0.1, 0.15) is 0 Å². The van der Waals surface area contributed by atoms with Crippen molar-refractivity contribution in [3.05, 3.63) is 222 Å². The Morgan fingerprint density at radius 1 is 0.115 bits per heavy atom. The van der Waals surface area contributed by atoms with E-state index in [2.05, 4.69) is 122 Å². The van der Waals surface area contributed by atoms with Gasteiger partial charge in [0.05, 0.1) is 0 Å². The minimum atomic E-state index is -5.88. The fourth-order valence-corrected chi connectivity index (χ4v) is 2.58. The Kier molecular flexibility index (Phi) is 2600. The molecule has 148 heavy (non-hydrogen) atoms. The summed E-state index contributed by atoms with van der Waals surface area (Å²) in [5.41, 5.74) is 0. The van der Waals surface area contributed by atoms with Gasteiger partial charge in [0, 0.05) is 528 Å². The van der Waals surface area contributed by atoms with Crippen LogP contribution in [-0.2, 0) is 817 Å². The number of rotatable bonds is 0. The van der Waals surface area contributed by atoms with Crippen molar-refractivity contribution in [2.75, 3.05) is 0 Å². The van der Waals surface area contributed by atoms with Crippen LogP contribution in [0.5, 0.6) is 0 Å². The predicted molar refractivity (Wildman–Crippen MR) is 273 cm³/mol. The fourth-order valence-electron chi connectivity index (χ4n) is 2.58. The van der Waals surface area contributed by atoms with Gasteiger partial charge >= 0.3 is 195 Å². The van der Waals surface area contributed by atoms with Gasteiger partial charge in [-0.2, -0.15) is 61.2 Å². The molecule has 0 bridgehead atoms. The van der Waals surface area contributed by atoms with Crippen LogP contribution < -0.4 is 24.6 Å². The molecule has 0 amide bonds. The van der Waals surface area contributed by atoms with Crippen molar-refractivity contribution in [1.29, 1.82) is 0 Å². The van der Waals surface area contributed by atoms with Crippen molar-refractivity contribution < 1.29 is 841 Å². The summed E-state index contributed by atoms with van der Waals surface area (Å²) in [5, 5.41) is 74.5. The van der Waals surface area contributed by atoms with E-state index in [-0.39, 0.29) is 809 Å². The Balaban J connectivity index is -0.00000000415. The van der Waals surface area contributed by atoms with Crippen molar-refractivity contribution >= 4 is 29.0 Å². The van der Waals surface area contributed by atoms with E-state index in [1.165, 1.54) is 0 Å². The van der Waals surface area contributed by atoms with Crippen molar-refractivity contribution in [3.63, 3.8) is 0 Å². The Hall–Kier alpha value is 5.67. The van der Waals surface area contributed by atoms with Crippen molar-refractivity contribution in [2.45, 2.75) is 0 Å². The largest absolute Gasteiger partial charge is 2.00 e. The summed E-state index contributed by atoms with van der Waals surface area (Å²) in [6.07, 6.45) is 41.5. The summed E-state index contributed by atoms with van der Waals surface area (Å²) in [7, 11) is 0. The first-order chi connectivity index (χ1) is 34.0. The van der Waals surface area contributed by atoms with E-state index in [4.69, 9.17) is 32.1 Å². The molecule has 976 valence electrons. The van der Waals surface area contributed by atoms with Gasteiger partial charge in [-0.25, -0.2) is 0 Å². The Morgan fingerprint density at radius 2 is 0.149 bits per heavy atom. The van der Waals surface area contributed by atoms with E-state index < -0.39 is 29.0 Å². The average molecular weight is 4330 g/mol. The molecule has 0 aliphatic carbocycles. The summed E-state index contributed by atoms with van der Waals surface area (Å²) in [6.45, 7) is 0. The molecule has 12 rings (SSSR count). The van der Waals surface area contributed by atoms with Gasteiger partial charge in [0.1, 0.15) is 0 Å².